The van der Waals surface area contributed by atoms with E-state index in [1.165, 1.54) is 0 Å². The second kappa shape index (κ2) is 7.94. The van der Waals surface area contributed by atoms with Crippen LogP contribution in [0.15, 0.2) is 59.4 Å². The Labute approximate surface area is 159 Å². The van der Waals surface area contributed by atoms with E-state index in [9.17, 15) is 4.79 Å². The molecule has 0 radical (unpaired) electrons. The molecule has 0 saturated carbocycles. The Balaban J connectivity index is 1.63. The molecule has 1 aliphatic rings. The fourth-order valence-electron chi connectivity index (χ4n) is 3.56. The predicted octanol–water partition coefficient (Wildman–Crippen LogP) is 2.82. The molecule has 5 heteroatoms. The van der Waals surface area contributed by atoms with Gasteiger partial charge in [0.2, 0.25) is 0 Å². The largest absolute Gasteiger partial charge is 0.489 e. The summed E-state index contributed by atoms with van der Waals surface area (Å²) in [4.78, 5) is 20.4. The Morgan fingerprint density at radius 1 is 0.926 bits per heavy atom. The number of benzene rings is 2. The van der Waals surface area contributed by atoms with Gasteiger partial charge in [0.05, 0.1) is 11.1 Å². The fourth-order valence-corrected chi connectivity index (χ4v) is 3.56. The van der Waals surface area contributed by atoms with Crippen LogP contribution in [0.25, 0.3) is 22.0 Å². The average Bonchev–Trinajstić information content (AvgIpc) is 2.71. The number of aromatic amines is 1. The maximum atomic E-state index is 12.6. The monoisotopic (exact) mass is 363 g/mol. The molecule has 0 unspecified atom stereocenters. The molecule has 1 saturated heterocycles. The average molecular weight is 363 g/mol. The minimum absolute atomic E-state index is 0.0872. The molecule has 5 nitrogen and oxygen atoms in total. The molecule has 3 aromatic rings. The van der Waals surface area contributed by atoms with Gasteiger partial charge in [-0.25, -0.2) is 0 Å². The first-order chi connectivity index (χ1) is 13.2. The summed E-state index contributed by atoms with van der Waals surface area (Å²) in [5, 5.41) is 1.52. The standard InChI is InChI=1S/C22H25N3O2/c1-24-11-13-25(14-12-24)15-16-27-21-18-9-5-6-10-19(18)22(26)23-20(21)17-7-3-2-4-8-17/h2-10H,11-16H2,1H3,(H,23,26). The van der Waals surface area contributed by atoms with Crippen LogP contribution in [0.3, 0.4) is 0 Å². The summed E-state index contributed by atoms with van der Waals surface area (Å²) in [5.74, 6) is 0.755. The molecule has 2 aromatic carbocycles. The van der Waals surface area contributed by atoms with Crippen LogP contribution >= 0.6 is 0 Å². The van der Waals surface area contributed by atoms with E-state index in [0.29, 0.717) is 12.0 Å². The molecule has 0 aliphatic carbocycles. The van der Waals surface area contributed by atoms with Crippen molar-refractivity contribution < 1.29 is 4.74 Å². The van der Waals surface area contributed by atoms with Crippen LogP contribution in [0, 0.1) is 0 Å². The molecular formula is C22H25N3O2. The van der Waals surface area contributed by atoms with E-state index in [4.69, 9.17) is 4.74 Å². The zero-order chi connectivity index (χ0) is 18.6. The van der Waals surface area contributed by atoms with Gasteiger partial charge in [0.25, 0.3) is 5.56 Å². The summed E-state index contributed by atoms with van der Waals surface area (Å²) >= 11 is 0. The Morgan fingerprint density at radius 3 is 2.33 bits per heavy atom. The molecule has 0 bridgehead atoms. The van der Waals surface area contributed by atoms with Crippen molar-refractivity contribution in [2.75, 3.05) is 46.4 Å². The summed E-state index contributed by atoms with van der Waals surface area (Å²) in [5.41, 5.74) is 1.61. The molecule has 1 N–H and O–H groups in total. The first-order valence-electron chi connectivity index (χ1n) is 9.46. The molecule has 2 heterocycles. The number of piperazine rings is 1. The minimum Gasteiger partial charge on any atom is -0.489 e. The lowest BCUT2D eigenvalue weighted by molar-refractivity contribution is 0.134. The van der Waals surface area contributed by atoms with Crippen molar-refractivity contribution in [2.24, 2.45) is 0 Å². The van der Waals surface area contributed by atoms with E-state index in [0.717, 1.165) is 55.1 Å². The van der Waals surface area contributed by atoms with Crippen LogP contribution in [-0.2, 0) is 0 Å². The molecule has 4 rings (SSSR count). The minimum atomic E-state index is -0.0872. The smallest absolute Gasteiger partial charge is 0.256 e. The van der Waals surface area contributed by atoms with Crippen molar-refractivity contribution in [3.8, 4) is 17.0 Å². The molecule has 27 heavy (non-hydrogen) atoms. The van der Waals surface area contributed by atoms with Crippen LogP contribution in [0.1, 0.15) is 0 Å². The van der Waals surface area contributed by atoms with Crippen LogP contribution < -0.4 is 10.3 Å². The van der Waals surface area contributed by atoms with Crippen molar-refractivity contribution in [3.05, 3.63) is 65.0 Å². The Bertz CT molecular complexity index is 960. The van der Waals surface area contributed by atoms with Gasteiger partial charge in [-0.2, -0.15) is 0 Å². The van der Waals surface area contributed by atoms with E-state index in [1.54, 1.807) is 0 Å². The fraction of sp³-hybridized carbons (Fsp3) is 0.318. The van der Waals surface area contributed by atoms with Crippen LogP contribution in [0.2, 0.25) is 0 Å². The molecule has 0 spiro atoms. The number of likely N-dealkylation sites (N-methyl/N-ethyl adjacent to an activating group) is 1. The third-order valence-electron chi connectivity index (χ3n) is 5.19. The highest BCUT2D eigenvalue weighted by Gasteiger charge is 2.16. The van der Waals surface area contributed by atoms with Crippen molar-refractivity contribution in [1.29, 1.82) is 0 Å². The van der Waals surface area contributed by atoms with Gasteiger partial charge in [-0.05, 0) is 13.1 Å². The van der Waals surface area contributed by atoms with Crippen molar-refractivity contribution in [3.63, 3.8) is 0 Å². The summed E-state index contributed by atoms with van der Waals surface area (Å²) in [6, 6.07) is 17.5. The first kappa shape index (κ1) is 17.8. The number of hydrogen-bond donors (Lipinski definition) is 1. The topological polar surface area (TPSA) is 48.6 Å². The number of pyridine rings is 1. The van der Waals surface area contributed by atoms with Crippen LogP contribution in [-0.4, -0.2) is 61.2 Å². The molecule has 0 atom stereocenters. The second-order valence-corrected chi connectivity index (χ2v) is 7.06. The zero-order valence-corrected chi connectivity index (χ0v) is 15.6. The number of fused-ring (bicyclic) bond motifs is 1. The lowest BCUT2D eigenvalue weighted by Gasteiger charge is -2.32. The highest BCUT2D eigenvalue weighted by atomic mass is 16.5. The molecule has 0 amide bonds. The van der Waals surface area contributed by atoms with E-state index in [2.05, 4.69) is 21.8 Å². The number of rotatable bonds is 5. The van der Waals surface area contributed by atoms with Crippen LogP contribution in [0.5, 0.6) is 5.75 Å². The highest BCUT2D eigenvalue weighted by Crippen LogP contribution is 2.33. The lowest BCUT2D eigenvalue weighted by Crippen LogP contribution is -2.45. The lowest BCUT2D eigenvalue weighted by atomic mass is 10.1. The summed E-state index contributed by atoms with van der Waals surface area (Å²) in [6.07, 6.45) is 0. The molecule has 1 aromatic heterocycles. The molecule has 1 fully saturated rings. The van der Waals surface area contributed by atoms with Crippen molar-refractivity contribution >= 4 is 10.8 Å². The van der Waals surface area contributed by atoms with Gasteiger partial charge in [-0.15, -0.1) is 0 Å². The third-order valence-corrected chi connectivity index (χ3v) is 5.19. The first-order valence-corrected chi connectivity index (χ1v) is 9.46. The Hall–Kier alpha value is -2.63. The van der Waals surface area contributed by atoms with Gasteiger partial charge in [-0.3, -0.25) is 9.69 Å². The van der Waals surface area contributed by atoms with Crippen molar-refractivity contribution in [2.45, 2.75) is 0 Å². The van der Waals surface area contributed by atoms with Gasteiger partial charge in [0.15, 0.2) is 5.75 Å². The number of H-pyrrole nitrogens is 1. The van der Waals surface area contributed by atoms with Gasteiger partial charge in [0, 0.05) is 43.7 Å². The van der Waals surface area contributed by atoms with Crippen molar-refractivity contribution in [1.82, 2.24) is 14.8 Å². The molecule has 1 aliphatic heterocycles. The van der Waals surface area contributed by atoms with E-state index in [-0.39, 0.29) is 5.56 Å². The van der Waals surface area contributed by atoms with Gasteiger partial charge in [0.1, 0.15) is 6.61 Å². The second-order valence-electron chi connectivity index (χ2n) is 7.06. The molecular weight excluding hydrogens is 338 g/mol. The quantitative estimate of drug-likeness (QED) is 0.757. The van der Waals surface area contributed by atoms with Crippen LogP contribution in [0.4, 0.5) is 0 Å². The maximum absolute atomic E-state index is 12.6. The van der Waals surface area contributed by atoms with Gasteiger partial charge >= 0.3 is 0 Å². The van der Waals surface area contributed by atoms with E-state index >= 15 is 0 Å². The number of hydrogen-bond acceptors (Lipinski definition) is 4. The predicted molar refractivity (Wildman–Crippen MR) is 109 cm³/mol. The Kier molecular flexibility index (Phi) is 5.23. The number of nitrogens with one attached hydrogen (secondary N) is 1. The SMILES string of the molecule is CN1CCN(CCOc2c(-c3ccccc3)[nH]c(=O)c3ccccc23)CC1. The number of ether oxygens (including phenoxy) is 1. The molecule has 140 valence electrons. The van der Waals surface area contributed by atoms with E-state index < -0.39 is 0 Å². The zero-order valence-electron chi connectivity index (χ0n) is 15.6. The number of aromatic nitrogens is 1. The summed E-state index contributed by atoms with van der Waals surface area (Å²) < 4.78 is 6.26. The summed E-state index contributed by atoms with van der Waals surface area (Å²) in [6.45, 7) is 5.80. The third kappa shape index (κ3) is 3.89. The highest BCUT2D eigenvalue weighted by molar-refractivity contribution is 5.92. The maximum Gasteiger partial charge on any atom is 0.256 e. The summed E-state index contributed by atoms with van der Waals surface area (Å²) in [7, 11) is 2.16. The van der Waals surface area contributed by atoms with Gasteiger partial charge < -0.3 is 14.6 Å². The Morgan fingerprint density at radius 2 is 1.59 bits per heavy atom. The number of nitrogens with zero attached hydrogens (tertiary/aromatic N) is 2. The van der Waals surface area contributed by atoms with Gasteiger partial charge in [-0.1, -0.05) is 48.5 Å². The van der Waals surface area contributed by atoms with E-state index in [1.807, 2.05) is 54.6 Å². The normalized spacial score (nSPS) is 15.9.